The van der Waals surface area contributed by atoms with Gasteiger partial charge in [-0.2, -0.15) is 0 Å². The molecule has 1 aliphatic rings. The fourth-order valence-electron chi connectivity index (χ4n) is 2.60. The predicted octanol–water partition coefficient (Wildman–Crippen LogP) is 4.06. The van der Waals surface area contributed by atoms with Crippen LogP contribution < -0.4 is 4.74 Å². The van der Waals surface area contributed by atoms with Crippen molar-refractivity contribution in [1.82, 2.24) is 0 Å². The summed E-state index contributed by atoms with van der Waals surface area (Å²) in [5.41, 5.74) is 1.47. The van der Waals surface area contributed by atoms with E-state index >= 15 is 0 Å². The highest BCUT2D eigenvalue weighted by Gasteiger charge is 2.23. The molecule has 2 rings (SSSR count). The molecule has 1 saturated carbocycles. The molecule has 1 aliphatic carbocycles. The molecule has 19 heavy (non-hydrogen) atoms. The summed E-state index contributed by atoms with van der Waals surface area (Å²) in [4.78, 5) is 0. The van der Waals surface area contributed by atoms with Crippen molar-refractivity contribution >= 4 is 0 Å². The van der Waals surface area contributed by atoms with Crippen molar-refractivity contribution in [2.24, 2.45) is 0 Å². The molecule has 1 fully saturated rings. The Labute approximate surface area is 116 Å². The van der Waals surface area contributed by atoms with Gasteiger partial charge < -0.3 is 9.84 Å². The second kappa shape index (κ2) is 5.96. The smallest absolute Gasteiger partial charge is 0.124 e. The zero-order valence-corrected chi connectivity index (χ0v) is 12.4. The average molecular weight is 262 g/mol. The van der Waals surface area contributed by atoms with Crippen LogP contribution in [0.5, 0.6) is 5.75 Å². The molecule has 0 bridgehead atoms. The fourth-order valence-corrected chi connectivity index (χ4v) is 2.60. The van der Waals surface area contributed by atoms with E-state index < -0.39 is 0 Å². The van der Waals surface area contributed by atoms with Gasteiger partial charge in [0.05, 0.1) is 6.10 Å². The molecule has 0 heterocycles. The van der Waals surface area contributed by atoms with Crippen molar-refractivity contribution in [2.45, 2.75) is 70.5 Å². The zero-order valence-electron chi connectivity index (χ0n) is 12.4. The van der Waals surface area contributed by atoms with Crippen LogP contribution in [0.15, 0.2) is 24.3 Å². The summed E-state index contributed by atoms with van der Waals surface area (Å²) < 4.78 is 5.97. The number of aliphatic hydroxyl groups is 1. The predicted molar refractivity (Wildman–Crippen MR) is 78.6 cm³/mol. The van der Waals surface area contributed by atoms with Gasteiger partial charge in [0.1, 0.15) is 11.9 Å². The van der Waals surface area contributed by atoms with Crippen molar-refractivity contribution < 1.29 is 9.84 Å². The van der Waals surface area contributed by atoms with Gasteiger partial charge >= 0.3 is 0 Å². The molecule has 0 aliphatic heterocycles. The van der Waals surface area contributed by atoms with Crippen LogP contribution in [0.25, 0.3) is 0 Å². The van der Waals surface area contributed by atoms with Crippen molar-refractivity contribution in [1.29, 1.82) is 0 Å². The molecule has 0 radical (unpaired) electrons. The van der Waals surface area contributed by atoms with Gasteiger partial charge in [0.2, 0.25) is 0 Å². The molecular formula is C17H26O2. The third kappa shape index (κ3) is 3.97. The number of ether oxygens (including phenoxy) is 1. The Morgan fingerprint density at radius 2 is 1.63 bits per heavy atom. The number of hydrogen-bond acceptors (Lipinski definition) is 2. The summed E-state index contributed by atoms with van der Waals surface area (Å²) >= 11 is 0. The van der Waals surface area contributed by atoms with Crippen LogP contribution in [0.1, 0.15) is 58.4 Å². The summed E-state index contributed by atoms with van der Waals surface area (Å²) in [6, 6.07) is 8.30. The van der Waals surface area contributed by atoms with E-state index in [1.807, 2.05) is 12.1 Å². The number of aliphatic hydroxyl groups excluding tert-OH is 1. The van der Waals surface area contributed by atoms with E-state index in [0.717, 1.165) is 31.4 Å². The van der Waals surface area contributed by atoms with Crippen molar-refractivity contribution in [3.05, 3.63) is 29.8 Å². The minimum Gasteiger partial charge on any atom is -0.488 e. The van der Waals surface area contributed by atoms with Gasteiger partial charge in [-0.15, -0.1) is 0 Å². The van der Waals surface area contributed by atoms with Crippen LogP contribution in [0.3, 0.4) is 0 Å². The van der Waals surface area contributed by atoms with E-state index in [1.165, 1.54) is 12.0 Å². The quantitative estimate of drug-likeness (QED) is 0.815. The summed E-state index contributed by atoms with van der Waals surface area (Å²) in [5, 5.41) is 10.1. The molecule has 0 saturated heterocycles. The Hall–Kier alpha value is -1.02. The molecule has 0 spiro atoms. The molecule has 2 nitrogen and oxygen atoms in total. The van der Waals surface area contributed by atoms with Crippen LogP contribution in [-0.4, -0.2) is 17.3 Å². The van der Waals surface area contributed by atoms with Gasteiger partial charge in [0.15, 0.2) is 0 Å². The second-order valence-electron chi connectivity index (χ2n) is 6.64. The maximum absolute atomic E-state index is 10.1. The highest BCUT2D eigenvalue weighted by Crippen LogP contribution is 2.27. The molecule has 1 aromatic carbocycles. The molecule has 1 aromatic rings. The van der Waals surface area contributed by atoms with E-state index in [9.17, 15) is 5.11 Å². The standard InChI is InChI=1S/C17H26O2/c1-17(2,3)13-9-11-14(12-10-13)19-16-8-6-4-5-7-15(16)18/h9-12,15-16,18H,4-8H2,1-3H3. The SMILES string of the molecule is CC(C)(C)c1ccc(OC2CCCCCC2O)cc1. The first-order valence-corrected chi connectivity index (χ1v) is 7.42. The number of rotatable bonds is 2. The largest absolute Gasteiger partial charge is 0.488 e. The lowest BCUT2D eigenvalue weighted by Crippen LogP contribution is -2.30. The van der Waals surface area contributed by atoms with Crippen molar-refractivity contribution in [3.8, 4) is 5.75 Å². The topological polar surface area (TPSA) is 29.5 Å². The summed E-state index contributed by atoms with van der Waals surface area (Å²) in [5.74, 6) is 0.874. The second-order valence-corrected chi connectivity index (χ2v) is 6.64. The van der Waals surface area contributed by atoms with Gasteiger partial charge in [0.25, 0.3) is 0 Å². The van der Waals surface area contributed by atoms with Gasteiger partial charge in [0, 0.05) is 0 Å². The third-order valence-corrected chi connectivity index (χ3v) is 3.93. The minimum absolute atomic E-state index is 0.0389. The van der Waals surface area contributed by atoms with E-state index in [4.69, 9.17) is 4.74 Å². The normalized spacial score (nSPS) is 24.8. The molecule has 106 valence electrons. The Morgan fingerprint density at radius 1 is 1.00 bits per heavy atom. The molecule has 2 unspecified atom stereocenters. The van der Waals surface area contributed by atoms with Gasteiger partial charge in [-0.1, -0.05) is 45.7 Å². The first kappa shape index (κ1) is 14.4. The molecule has 2 heteroatoms. The lowest BCUT2D eigenvalue weighted by Gasteiger charge is -2.23. The van der Waals surface area contributed by atoms with E-state index in [1.54, 1.807) is 0 Å². The summed E-state index contributed by atoms with van der Waals surface area (Å²) in [7, 11) is 0. The van der Waals surface area contributed by atoms with Crippen molar-refractivity contribution in [2.75, 3.05) is 0 Å². The maximum atomic E-state index is 10.1. The highest BCUT2D eigenvalue weighted by atomic mass is 16.5. The average Bonchev–Trinajstić information content (AvgIpc) is 2.55. The summed E-state index contributed by atoms with van der Waals surface area (Å²) in [6.07, 6.45) is 4.95. The molecule has 0 amide bonds. The number of hydrogen-bond donors (Lipinski definition) is 1. The molecule has 0 aromatic heterocycles. The molecular weight excluding hydrogens is 236 g/mol. The number of benzene rings is 1. The van der Waals surface area contributed by atoms with E-state index in [-0.39, 0.29) is 17.6 Å². The Kier molecular flexibility index (Phi) is 4.51. The highest BCUT2D eigenvalue weighted by molar-refractivity contribution is 5.31. The lowest BCUT2D eigenvalue weighted by molar-refractivity contribution is 0.0319. The van der Waals surface area contributed by atoms with Crippen LogP contribution in [0.2, 0.25) is 0 Å². The Morgan fingerprint density at radius 3 is 2.26 bits per heavy atom. The van der Waals surface area contributed by atoms with Crippen LogP contribution in [0.4, 0.5) is 0 Å². The Balaban J connectivity index is 2.02. The lowest BCUT2D eigenvalue weighted by atomic mass is 9.87. The monoisotopic (exact) mass is 262 g/mol. The zero-order chi connectivity index (χ0) is 13.9. The fraction of sp³-hybridized carbons (Fsp3) is 0.647. The maximum Gasteiger partial charge on any atom is 0.124 e. The summed E-state index contributed by atoms with van der Waals surface area (Å²) in [6.45, 7) is 6.62. The Bertz CT molecular complexity index is 389. The van der Waals surface area contributed by atoms with Crippen LogP contribution >= 0.6 is 0 Å². The van der Waals surface area contributed by atoms with Crippen LogP contribution in [-0.2, 0) is 5.41 Å². The van der Waals surface area contributed by atoms with E-state index in [0.29, 0.717) is 0 Å². The van der Waals surface area contributed by atoms with Gasteiger partial charge in [-0.05, 0) is 42.4 Å². The van der Waals surface area contributed by atoms with Crippen molar-refractivity contribution in [3.63, 3.8) is 0 Å². The van der Waals surface area contributed by atoms with Gasteiger partial charge in [-0.25, -0.2) is 0 Å². The third-order valence-electron chi connectivity index (χ3n) is 3.93. The van der Waals surface area contributed by atoms with E-state index in [2.05, 4.69) is 32.9 Å². The first-order valence-electron chi connectivity index (χ1n) is 7.42. The van der Waals surface area contributed by atoms with Crippen LogP contribution in [0, 0.1) is 0 Å². The first-order chi connectivity index (χ1) is 8.97. The van der Waals surface area contributed by atoms with Gasteiger partial charge in [-0.3, -0.25) is 0 Å². The molecule has 1 N–H and O–H groups in total. The minimum atomic E-state index is -0.315. The molecule has 2 atom stereocenters.